The first-order valence-electron chi connectivity index (χ1n) is 10.2. The number of sulfonamides is 1. The van der Waals surface area contributed by atoms with Crippen molar-refractivity contribution in [1.82, 2.24) is 4.31 Å². The minimum absolute atomic E-state index is 0.0216. The second kappa shape index (κ2) is 9.41. The number of hydrogen-bond donors (Lipinski definition) is 1. The highest BCUT2D eigenvalue weighted by atomic mass is 32.2. The van der Waals surface area contributed by atoms with Crippen molar-refractivity contribution in [2.24, 2.45) is 0 Å². The van der Waals surface area contributed by atoms with Crippen LogP contribution in [0.4, 0.5) is 17.1 Å². The topological polar surface area (TPSA) is 109 Å². The van der Waals surface area contributed by atoms with Gasteiger partial charge in [0, 0.05) is 37.9 Å². The molecular weight excluding hydrogens is 432 g/mol. The van der Waals surface area contributed by atoms with Crippen LogP contribution in [0.2, 0.25) is 0 Å². The fraction of sp³-hybridized carbons (Fsp3) is 0.273. The lowest BCUT2D eigenvalue weighted by atomic mass is 10.2. The molecule has 0 aliphatic carbocycles. The van der Waals surface area contributed by atoms with Crippen LogP contribution in [0.1, 0.15) is 11.3 Å². The first-order valence-corrected chi connectivity index (χ1v) is 11.8. The molecule has 9 nitrogen and oxygen atoms in total. The van der Waals surface area contributed by atoms with Crippen LogP contribution in [0.15, 0.2) is 71.3 Å². The lowest BCUT2D eigenvalue weighted by Gasteiger charge is -2.35. The van der Waals surface area contributed by atoms with E-state index in [4.69, 9.17) is 4.42 Å². The molecule has 0 spiro atoms. The van der Waals surface area contributed by atoms with Crippen LogP contribution in [-0.2, 0) is 22.3 Å². The molecule has 1 N–H and O–H groups in total. The number of nitrogens with zero attached hydrogens (tertiary/aromatic N) is 3. The van der Waals surface area contributed by atoms with Crippen LogP contribution >= 0.6 is 0 Å². The molecule has 1 saturated heterocycles. The minimum Gasteiger partial charge on any atom is -0.467 e. The van der Waals surface area contributed by atoms with Crippen molar-refractivity contribution in [1.29, 1.82) is 0 Å². The highest BCUT2D eigenvalue weighted by Gasteiger charge is 2.28. The molecule has 1 aliphatic rings. The van der Waals surface area contributed by atoms with E-state index in [-0.39, 0.29) is 11.4 Å². The molecule has 2 aromatic carbocycles. The van der Waals surface area contributed by atoms with Crippen LogP contribution in [0, 0.1) is 10.1 Å². The third kappa shape index (κ3) is 5.09. The third-order valence-electron chi connectivity index (χ3n) is 5.40. The van der Waals surface area contributed by atoms with Gasteiger partial charge in [0.25, 0.3) is 5.69 Å². The van der Waals surface area contributed by atoms with Gasteiger partial charge in [0.15, 0.2) is 0 Å². The standard InChI is InChI=1S/C22H24N4O5S/c27-26(28)22-9-8-19(15-21(22)23-16-20-7-4-14-31-20)24-10-12-25(13-11-24)32(29,30)17-18-5-2-1-3-6-18/h1-9,14-15,23H,10-13,16-17H2. The van der Waals surface area contributed by atoms with E-state index < -0.39 is 14.9 Å². The molecule has 0 atom stereocenters. The molecule has 0 radical (unpaired) electrons. The van der Waals surface area contributed by atoms with Gasteiger partial charge in [-0.2, -0.15) is 4.31 Å². The Labute approximate surface area is 186 Å². The van der Waals surface area contributed by atoms with Crippen molar-refractivity contribution >= 4 is 27.1 Å². The summed E-state index contributed by atoms with van der Waals surface area (Å²) in [6, 6.07) is 17.6. The van der Waals surface area contributed by atoms with Crippen molar-refractivity contribution < 1.29 is 17.8 Å². The van der Waals surface area contributed by atoms with Crippen molar-refractivity contribution in [3.63, 3.8) is 0 Å². The first-order chi connectivity index (χ1) is 15.4. The van der Waals surface area contributed by atoms with E-state index in [0.717, 1.165) is 11.3 Å². The van der Waals surface area contributed by atoms with Crippen LogP contribution in [0.3, 0.4) is 0 Å². The van der Waals surface area contributed by atoms with E-state index in [9.17, 15) is 18.5 Å². The summed E-state index contributed by atoms with van der Waals surface area (Å²) in [6.45, 7) is 2.05. The Bertz CT molecular complexity index is 1160. The van der Waals surface area contributed by atoms with Gasteiger partial charge in [-0.3, -0.25) is 10.1 Å². The molecule has 168 valence electrons. The van der Waals surface area contributed by atoms with E-state index in [2.05, 4.69) is 5.32 Å². The maximum Gasteiger partial charge on any atom is 0.292 e. The molecule has 10 heteroatoms. The Kier molecular flexibility index (Phi) is 6.42. The van der Waals surface area contributed by atoms with Gasteiger partial charge in [0.05, 0.1) is 23.5 Å². The SMILES string of the molecule is O=[N+]([O-])c1ccc(N2CCN(S(=O)(=O)Cc3ccccc3)CC2)cc1NCc1ccco1. The zero-order valence-corrected chi connectivity index (χ0v) is 18.2. The Balaban J connectivity index is 1.43. The van der Waals surface area contributed by atoms with Crippen molar-refractivity contribution in [3.05, 3.63) is 88.4 Å². The van der Waals surface area contributed by atoms with Gasteiger partial charge in [0.1, 0.15) is 11.4 Å². The summed E-state index contributed by atoms with van der Waals surface area (Å²) >= 11 is 0. The number of benzene rings is 2. The Morgan fingerprint density at radius 2 is 1.75 bits per heavy atom. The maximum atomic E-state index is 12.8. The summed E-state index contributed by atoms with van der Waals surface area (Å²) in [5.41, 5.74) is 1.93. The van der Waals surface area contributed by atoms with E-state index in [0.29, 0.717) is 44.2 Å². The predicted molar refractivity (Wildman–Crippen MR) is 122 cm³/mol. The second-order valence-corrected chi connectivity index (χ2v) is 9.49. The lowest BCUT2D eigenvalue weighted by molar-refractivity contribution is -0.384. The molecule has 1 aliphatic heterocycles. The quantitative estimate of drug-likeness (QED) is 0.408. The molecule has 1 aromatic heterocycles. The maximum absolute atomic E-state index is 12.8. The fourth-order valence-corrected chi connectivity index (χ4v) is 5.23. The molecule has 4 rings (SSSR count). The number of nitro groups is 1. The number of rotatable bonds is 8. The Morgan fingerprint density at radius 3 is 2.41 bits per heavy atom. The van der Waals surface area contributed by atoms with Crippen LogP contribution in [-0.4, -0.2) is 43.8 Å². The summed E-state index contributed by atoms with van der Waals surface area (Å²) in [6.07, 6.45) is 1.55. The zero-order chi connectivity index (χ0) is 22.6. The van der Waals surface area contributed by atoms with Gasteiger partial charge >= 0.3 is 0 Å². The van der Waals surface area contributed by atoms with Gasteiger partial charge in [-0.1, -0.05) is 30.3 Å². The number of hydrogen-bond acceptors (Lipinski definition) is 7. The normalized spacial score (nSPS) is 14.9. The summed E-state index contributed by atoms with van der Waals surface area (Å²) in [5, 5.41) is 14.5. The average Bonchev–Trinajstić information content (AvgIpc) is 3.32. The van der Waals surface area contributed by atoms with Crippen LogP contribution in [0.25, 0.3) is 0 Å². The largest absolute Gasteiger partial charge is 0.467 e. The van der Waals surface area contributed by atoms with E-state index in [1.807, 2.05) is 35.2 Å². The van der Waals surface area contributed by atoms with Crippen LogP contribution in [0.5, 0.6) is 0 Å². The van der Waals surface area contributed by atoms with Crippen molar-refractivity contribution in [2.45, 2.75) is 12.3 Å². The average molecular weight is 457 g/mol. The van der Waals surface area contributed by atoms with E-state index in [1.165, 1.54) is 10.4 Å². The molecule has 0 amide bonds. The van der Waals surface area contributed by atoms with Gasteiger partial charge in [-0.15, -0.1) is 0 Å². The molecule has 0 bridgehead atoms. The number of piperazine rings is 1. The second-order valence-electron chi connectivity index (χ2n) is 7.52. The van der Waals surface area contributed by atoms with Gasteiger partial charge < -0.3 is 14.6 Å². The third-order valence-corrected chi connectivity index (χ3v) is 7.25. The lowest BCUT2D eigenvalue weighted by Crippen LogP contribution is -2.49. The number of furan rings is 1. The summed E-state index contributed by atoms with van der Waals surface area (Å²) in [7, 11) is -3.41. The molecule has 2 heterocycles. The molecule has 32 heavy (non-hydrogen) atoms. The zero-order valence-electron chi connectivity index (χ0n) is 17.4. The molecular formula is C22H24N4O5S. The van der Waals surface area contributed by atoms with Crippen LogP contribution < -0.4 is 10.2 Å². The number of nitro benzene ring substituents is 1. The highest BCUT2D eigenvalue weighted by Crippen LogP contribution is 2.31. The number of anilines is 2. The smallest absolute Gasteiger partial charge is 0.292 e. The minimum atomic E-state index is -3.41. The first kappa shape index (κ1) is 21.8. The Morgan fingerprint density at radius 1 is 1.00 bits per heavy atom. The van der Waals surface area contributed by atoms with E-state index in [1.54, 1.807) is 30.5 Å². The number of nitrogens with one attached hydrogen (secondary N) is 1. The molecule has 0 unspecified atom stereocenters. The van der Waals surface area contributed by atoms with E-state index >= 15 is 0 Å². The van der Waals surface area contributed by atoms with Gasteiger partial charge in [-0.25, -0.2) is 8.42 Å². The van der Waals surface area contributed by atoms with Crippen molar-refractivity contribution in [2.75, 3.05) is 36.4 Å². The summed E-state index contributed by atoms with van der Waals surface area (Å²) < 4.78 is 32.4. The van der Waals surface area contributed by atoms with Gasteiger partial charge in [0.2, 0.25) is 10.0 Å². The Hall–Kier alpha value is -3.37. The molecule has 3 aromatic rings. The molecule has 1 fully saturated rings. The summed E-state index contributed by atoms with van der Waals surface area (Å²) in [5.74, 6) is 0.647. The summed E-state index contributed by atoms with van der Waals surface area (Å²) in [4.78, 5) is 13.0. The predicted octanol–water partition coefficient (Wildman–Crippen LogP) is 3.45. The monoisotopic (exact) mass is 456 g/mol. The fourth-order valence-electron chi connectivity index (χ4n) is 3.72. The molecule has 0 saturated carbocycles. The highest BCUT2D eigenvalue weighted by molar-refractivity contribution is 7.88. The van der Waals surface area contributed by atoms with Gasteiger partial charge in [-0.05, 0) is 29.8 Å². The van der Waals surface area contributed by atoms with Crippen molar-refractivity contribution in [3.8, 4) is 0 Å².